The van der Waals surface area contributed by atoms with Crippen LogP contribution in [0, 0.1) is 0 Å². The van der Waals surface area contributed by atoms with E-state index < -0.39 is 12.0 Å². The molecule has 0 saturated carbocycles. The number of ether oxygens (including phenoxy) is 1. The summed E-state index contributed by atoms with van der Waals surface area (Å²) in [7, 11) is 1.58. The van der Waals surface area contributed by atoms with Crippen LogP contribution >= 0.6 is 0 Å². The second-order valence-corrected chi connectivity index (χ2v) is 6.79. The van der Waals surface area contributed by atoms with Gasteiger partial charge in [0.05, 0.1) is 13.2 Å². The molecule has 0 aromatic heterocycles. The molecule has 2 aromatic rings. The Labute approximate surface area is 163 Å². The Morgan fingerprint density at radius 3 is 2.54 bits per heavy atom. The van der Waals surface area contributed by atoms with Crippen molar-refractivity contribution in [1.82, 2.24) is 4.90 Å². The molecule has 2 atom stereocenters. The lowest BCUT2D eigenvalue weighted by Gasteiger charge is -2.24. The summed E-state index contributed by atoms with van der Waals surface area (Å²) in [6, 6.07) is 14.2. The topological polar surface area (TPSA) is 49.8 Å². The molecule has 0 bridgehead atoms. The fourth-order valence-electron chi connectivity index (χ4n) is 3.27. The van der Waals surface area contributed by atoms with Crippen LogP contribution < -0.4 is 4.74 Å². The number of carbonyl (C=O) groups excluding carboxylic acids is 1. The van der Waals surface area contributed by atoms with Gasteiger partial charge in [0, 0.05) is 18.5 Å². The van der Waals surface area contributed by atoms with Crippen LogP contribution in [-0.2, 0) is 17.3 Å². The van der Waals surface area contributed by atoms with Gasteiger partial charge >= 0.3 is 5.92 Å². The van der Waals surface area contributed by atoms with Crippen molar-refractivity contribution in [2.24, 2.45) is 0 Å². The number of halogens is 2. The van der Waals surface area contributed by atoms with Gasteiger partial charge in [0.1, 0.15) is 11.9 Å². The van der Waals surface area contributed by atoms with Gasteiger partial charge in [-0.2, -0.15) is 8.78 Å². The monoisotopic (exact) mass is 387 g/mol. The molecule has 1 unspecified atom stereocenters. The van der Waals surface area contributed by atoms with Crippen LogP contribution in [0.2, 0.25) is 0 Å². The predicted octanol–water partition coefficient (Wildman–Crippen LogP) is 3.90. The first kappa shape index (κ1) is 20.0. The Balaban J connectivity index is 1.70. The Bertz CT molecular complexity index is 821. The Morgan fingerprint density at radius 2 is 1.89 bits per heavy atom. The number of benzene rings is 2. The average molecular weight is 387 g/mol. The first-order valence-electron chi connectivity index (χ1n) is 9.14. The zero-order valence-electron chi connectivity index (χ0n) is 15.6. The van der Waals surface area contributed by atoms with Crippen molar-refractivity contribution in [3.8, 4) is 5.75 Å². The largest absolute Gasteiger partial charge is 0.497 e. The van der Waals surface area contributed by atoms with Crippen molar-refractivity contribution in [3.63, 3.8) is 0 Å². The molecule has 6 heteroatoms. The number of aliphatic hydroxyl groups excluding tert-OH is 1. The number of aliphatic hydroxyl groups is 1. The second kappa shape index (κ2) is 8.52. The SMILES string of the molecule is COc1ccc(CN2C(=O)CC[C@@H]2C=CC(O)C(F)(F)c2ccccc2)cc1. The molecule has 1 aliphatic heterocycles. The van der Waals surface area contributed by atoms with Crippen LogP contribution in [0.15, 0.2) is 66.7 Å². The van der Waals surface area contributed by atoms with Crippen molar-refractivity contribution in [2.75, 3.05) is 7.11 Å². The maximum Gasteiger partial charge on any atom is 0.302 e. The molecular formula is C22H23F2NO3. The highest BCUT2D eigenvalue weighted by atomic mass is 19.3. The first-order valence-corrected chi connectivity index (χ1v) is 9.14. The number of hydrogen-bond donors (Lipinski definition) is 1. The lowest BCUT2D eigenvalue weighted by molar-refractivity contribution is -0.129. The standard InChI is InChI=1S/C22H23F2NO3/c1-28-19-11-7-16(8-12-19)15-25-18(10-14-21(25)27)9-13-20(26)22(23,24)17-5-3-2-4-6-17/h2-9,11-13,18,20,26H,10,14-15H2,1H3/t18-,20?/m0/s1. The number of alkyl halides is 2. The fourth-order valence-corrected chi connectivity index (χ4v) is 3.27. The summed E-state index contributed by atoms with van der Waals surface area (Å²) in [5.41, 5.74) is 0.675. The van der Waals surface area contributed by atoms with Gasteiger partial charge in [-0.15, -0.1) is 0 Å². The molecule has 1 aliphatic rings. The van der Waals surface area contributed by atoms with Gasteiger partial charge in [0.15, 0.2) is 0 Å². The number of likely N-dealkylation sites (tertiary alicyclic amines) is 1. The summed E-state index contributed by atoms with van der Waals surface area (Å²) in [5.74, 6) is -2.71. The maximum atomic E-state index is 14.4. The van der Waals surface area contributed by atoms with E-state index in [1.54, 1.807) is 18.1 Å². The average Bonchev–Trinajstić information content (AvgIpc) is 3.06. The van der Waals surface area contributed by atoms with E-state index in [9.17, 15) is 18.7 Å². The number of hydrogen-bond acceptors (Lipinski definition) is 3. The second-order valence-electron chi connectivity index (χ2n) is 6.79. The molecule has 0 radical (unpaired) electrons. The quantitative estimate of drug-likeness (QED) is 0.734. The molecule has 1 amide bonds. The van der Waals surface area contributed by atoms with E-state index >= 15 is 0 Å². The van der Waals surface area contributed by atoms with Gasteiger partial charge in [0.2, 0.25) is 5.91 Å². The number of nitrogens with zero attached hydrogens (tertiary/aromatic N) is 1. The van der Waals surface area contributed by atoms with Crippen molar-refractivity contribution < 1.29 is 23.4 Å². The lowest BCUT2D eigenvalue weighted by Crippen LogP contribution is -2.33. The highest BCUT2D eigenvalue weighted by Crippen LogP contribution is 2.33. The van der Waals surface area contributed by atoms with Gasteiger partial charge < -0.3 is 14.7 Å². The minimum Gasteiger partial charge on any atom is -0.497 e. The molecule has 148 valence electrons. The number of rotatable bonds is 7. The molecule has 1 fully saturated rings. The van der Waals surface area contributed by atoms with Crippen molar-refractivity contribution >= 4 is 5.91 Å². The highest BCUT2D eigenvalue weighted by molar-refractivity contribution is 5.79. The van der Waals surface area contributed by atoms with E-state index in [2.05, 4.69) is 0 Å². The third-order valence-corrected chi connectivity index (χ3v) is 4.93. The van der Waals surface area contributed by atoms with Gasteiger partial charge in [0.25, 0.3) is 0 Å². The van der Waals surface area contributed by atoms with Crippen LogP contribution in [0.4, 0.5) is 8.78 Å². The maximum absolute atomic E-state index is 14.4. The third-order valence-electron chi connectivity index (χ3n) is 4.93. The molecule has 1 heterocycles. The molecular weight excluding hydrogens is 364 g/mol. The smallest absolute Gasteiger partial charge is 0.302 e. The predicted molar refractivity (Wildman–Crippen MR) is 102 cm³/mol. The summed E-state index contributed by atoms with van der Waals surface area (Å²) in [4.78, 5) is 13.9. The summed E-state index contributed by atoms with van der Waals surface area (Å²) in [6.07, 6.45) is 1.53. The van der Waals surface area contributed by atoms with Crippen molar-refractivity contribution in [2.45, 2.75) is 37.5 Å². The molecule has 4 nitrogen and oxygen atoms in total. The van der Waals surface area contributed by atoms with Crippen molar-refractivity contribution in [3.05, 3.63) is 77.9 Å². The summed E-state index contributed by atoms with van der Waals surface area (Å²) in [6.45, 7) is 0.378. The minimum atomic E-state index is -3.40. The third kappa shape index (κ3) is 4.39. The van der Waals surface area contributed by atoms with Crippen molar-refractivity contribution in [1.29, 1.82) is 0 Å². The lowest BCUT2D eigenvalue weighted by atomic mass is 10.0. The summed E-state index contributed by atoms with van der Waals surface area (Å²) >= 11 is 0. The van der Waals surface area contributed by atoms with Crippen LogP contribution in [0.3, 0.4) is 0 Å². The summed E-state index contributed by atoms with van der Waals surface area (Å²) in [5, 5.41) is 10.0. The van der Waals surface area contributed by atoms with Gasteiger partial charge in [-0.25, -0.2) is 0 Å². The molecule has 28 heavy (non-hydrogen) atoms. The van der Waals surface area contributed by atoms with Crippen LogP contribution in [0.5, 0.6) is 5.75 Å². The zero-order chi connectivity index (χ0) is 20.1. The van der Waals surface area contributed by atoms with Gasteiger partial charge in [-0.05, 0) is 24.1 Å². The number of carbonyl (C=O) groups is 1. The Kier molecular flexibility index (Phi) is 6.09. The number of amides is 1. The molecule has 0 aliphatic carbocycles. The Morgan fingerprint density at radius 1 is 1.21 bits per heavy atom. The van der Waals surface area contributed by atoms with E-state index in [0.29, 0.717) is 19.4 Å². The van der Waals surface area contributed by atoms with Crippen LogP contribution in [0.25, 0.3) is 0 Å². The van der Waals surface area contributed by atoms with E-state index in [4.69, 9.17) is 4.74 Å². The normalized spacial score (nSPS) is 18.6. The van der Waals surface area contributed by atoms with Gasteiger partial charge in [-0.3, -0.25) is 4.79 Å². The van der Waals surface area contributed by atoms with E-state index in [-0.39, 0.29) is 17.5 Å². The first-order chi connectivity index (χ1) is 13.4. The molecule has 1 saturated heterocycles. The van der Waals surface area contributed by atoms with E-state index in [1.807, 2.05) is 24.3 Å². The molecule has 0 spiro atoms. The van der Waals surface area contributed by atoms with E-state index in [1.165, 1.54) is 30.3 Å². The molecule has 2 aromatic carbocycles. The molecule has 1 N–H and O–H groups in total. The van der Waals surface area contributed by atoms with Gasteiger partial charge in [-0.1, -0.05) is 54.6 Å². The van der Waals surface area contributed by atoms with Crippen LogP contribution in [-0.4, -0.2) is 35.2 Å². The highest BCUT2D eigenvalue weighted by Gasteiger charge is 2.39. The molecule has 3 rings (SSSR count). The minimum absolute atomic E-state index is 0.0326. The summed E-state index contributed by atoms with van der Waals surface area (Å²) < 4.78 is 34.0. The number of methoxy groups -OCH3 is 1. The fraction of sp³-hybridized carbons (Fsp3) is 0.318. The van der Waals surface area contributed by atoms with Crippen LogP contribution in [0.1, 0.15) is 24.0 Å². The van der Waals surface area contributed by atoms with E-state index in [0.717, 1.165) is 17.4 Å². The zero-order valence-corrected chi connectivity index (χ0v) is 15.6. The Hall–Kier alpha value is -2.73.